The smallest absolute Gasteiger partial charge is 0.161 e. The van der Waals surface area contributed by atoms with Gasteiger partial charge in [0.2, 0.25) is 0 Å². The van der Waals surface area contributed by atoms with Crippen molar-refractivity contribution >= 4 is 160 Å². The number of fused-ring (bicyclic) bond motifs is 21. The Morgan fingerprint density at radius 1 is 0.152 bits per heavy atom. The van der Waals surface area contributed by atoms with E-state index in [-0.39, 0.29) is 0 Å². The zero-order valence-corrected chi connectivity index (χ0v) is 73.8. The number of aromatic nitrogens is 7. The molecule has 0 aliphatic carbocycles. The molecule has 0 radical (unpaired) electrons. The first-order valence-electron chi connectivity index (χ1n) is 44.6. The third kappa shape index (κ3) is 13.5. The highest BCUT2D eigenvalue weighted by Crippen LogP contribution is 2.51. The highest BCUT2D eigenvalue weighted by molar-refractivity contribution is 7.28. The molecule has 18 aromatic carbocycles. The summed E-state index contributed by atoms with van der Waals surface area (Å²) in [6.45, 7) is 0. The van der Waals surface area contributed by atoms with E-state index in [2.05, 4.69) is 469 Å². The largest absolute Gasteiger partial charge is 0.309 e. The Bertz CT molecular complexity index is 8090. The molecule has 9 heterocycles. The monoisotopic (exact) mass is 1740 g/mol. The molecule has 27 aromatic rings. The molecule has 0 unspecified atom stereocenters. The highest BCUT2D eigenvalue weighted by Gasteiger charge is 2.26. The van der Waals surface area contributed by atoms with Gasteiger partial charge in [0.15, 0.2) is 5.82 Å². The van der Waals surface area contributed by atoms with Crippen LogP contribution in [0.4, 0.5) is 0 Å². The normalized spacial score (nSPS) is 11.6. The maximum absolute atomic E-state index is 5.28. The van der Waals surface area contributed by atoms with Crippen LogP contribution < -0.4 is 0 Å². The van der Waals surface area contributed by atoms with Crippen LogP contribution in [-0.2, 0) is 0 Å². The van der Waals surface area contributed by atoms with Gasteiger partial charge in [0.25, 0.3) is 0 Å². The Balaban J connectivity index is 0.000000106. The lowest BCUT2D eigenvalue weighted by Crippen LogP contribution is -1.96. The van der Waals surface area contributed by atoms with Gasteiger partial charge in [0.1, 0.15) is 0 Å². The molecule has 0 spiro atoms. The van der Waals surface area contributed by atoms with Gasteiger partial charge in [-0.25, -0.2) is 19.9 Å². The Kier molecular flexibility index (Phi) is 19.4. The van der Waals surface area contributed by atoms with Crippen LogP contribution >= 0.6 is 34.0 Å². The molecular weight excluding hydrogens is 1660 g/mol. The average molecular weight is 1740 g/mol. The number of hydrogen-bond donors (Lipinski definition) is 0. The van der Waals surface area contributed by atoms with Crippen molar-refractivity contribution in [2.24, 2.45) is 0 Å². The van der Waals surface area contributed by atoms with E-state index in [1.165, 1.54) is 171 Å². The number of nitrogens with zero attached hydrogens (tertiary/aromatic N) is 7. The summed E-state index contributed by atoms with van der Waals surface area (Å²) in [5, 5.41) is 15.4. The first-order chi connectivity index (χ1) is 65.5. The lowest BCUT2D eigenvalue weighted by Gasteiger charge is -2.11. The molecule has 0 N–H and O–H groups in total. The van der Waals surface area contributed by atoms with Gasteiger partial charge in [0.05, 0.1) is 67.3 Å². The zero-order valence-electron chi connectivity index (χ0n) is 71.3. The molecule has 27 rings (SSSR count). The van der Waals surface area contributed by atoms with Crippen LogP contribution in [0.2, 0.25) is 0 Å². The van der Waals surface area contributed by atoms with Crippen molar-refractivity contribution in [3.8, 4) is 118 Å². The van der Waals surface area contributed by atoms with Crippen LogP contribution in [0.15, 0.2) is 467 Å². The second kappa shape index (κ2) is 32.9. The summed E-state index contributed by atoms with van der Waals surface area (Å²) in [4.78, 5) is 20.7. The van der Waals surface area contributed by atoms with Crippen molar-refractivity contribution in [1.82, 2.24) is 33.6 Å². The minimum atomic E-state index is 0.741. The maximum Gasteiger partial charge on any atom is 0.161 e. The van der Waals surface area contributed by atoms with Crippen LogP contribution in [0.25, 0.3) is 244 Å². The first kappa shape index (κ1) is 77.7. The molecule has 618 valence electrons. The van der Waals surface area contributed by atoms with Gasteiger partial charge >= 0.3 is 0 Å². The fraction of sp³-hybridized carbons (Fsp3) is 0. The van der Waals surface area contributed by atoms with Crippen molar-refractivity contribution in [3.63, 3.8) is 0 Å². The van der Waals surface area contributed by atoms with Crippen LogP contribution in [0.5, 0.6) is 0 Å². The molecule has 0 fully saturated rings. The molecule has 7 nitrogen and oxygen atoms in total. The number of benzene rings is 18. The summed E-state index contributed by atoms with van der Waals surface area (Å²) in [5.74, 6) is 0.741. The fourth-order valence-corrected chi connectivity index (χ4v) is 23.7. The number of hydrogen-bond acceptors (Lipinski definition) is 7. The molecule has 0 aliphatic rings. The van der Waals surface area contributed by atoms with Crippen molar-refractivity contribution in [1.29, 1.82) is 0 Å². The van der Waals surface area contributed by atoms with Gasteiger partial charge in [-0.15, -0.1) is 34.0 Å². The zero-order chi connectivity index (χ0) is 87.1. The standard InChI is InChI=1S/2C41H26N2S.C40H25N3S/c1-4-13-27(14-5-1)35-25-29(26-36(42-35)28-15-6-2-7-16-28)31-20-12-21-32-33-23-24-38-39(41(33)44-40(31)32)34-19-10-11-22-37(34)43(38)30-17-8-3-9-18-30;1-4-13-27(14-5-1)29-25-35(28-15-6-2-7-16-28)42-36(26-29)33-21-12-20-31-32-23-24-38-39(41(32)44-40(31)33)34-19-10-11-22-37(34)43(38)30-17-8-3-9-18-30;1-4-13-26(14-5-1)33-25-34(27-15-6-2-7-16-27)42-40(41-33)32-21-12-20-29-30-23-24-36-37(39(30)44-38(29)32)31-19-10-11-22-35(31)43(36)28-17-8-3-9-18-28/h2*1-26H;1-25H. The second-order valence-electron chi connectivity index (χ2n) is 33.3. The summed E-state index contributed by atoms with van der Waals surface area (Å²) < 4.78 is 14.9. The summed E-state index contributed by atoms with van der Waals surface area (Å²) in [5.41, 5.74) is 29.1. The molecule has 0 aliphatic heterocycles. The van der Waals surface area contributed by atoms with Gasteiger partial charge in [0, 0.05) is 149 Å². The molecule has 0 atom stereocenters. The van der Waals surface area contributed by atoms with Gasteiger partial charge in [-0.2, -0.15) is 0 Å². The predicted octanol–water partition coefficient (Wildman–Crippen LogP) is 34.0. The lowest BCUT2D eigenvalue weighted by molar-refractivity contribution is 1.18. The van der Waals surface area contributed by atoms with Gasteiger partial charge in [-0.05, 0) is 131 Å². The van der Waals surface area contributed by atoms with E-state index in [9.17, 15) is 0 Å². The summed E-state index contributed by atoms with van der Waals surface area (Å²) in [7, 11) is 0. The lowest BCUT2D eigenvalue weighted by atomic mass is 9.98. The van der Waals surface area contributed by atoms with E-state index in [1.807, 2.05) is 46.1 Å². The SMILES string of the molecule is c1ccc(-c2cc(-c3cccc4c3sc3c4ccc4c3c3ccccc3n4-c3ccccc3)cc(-c3ccccc3)n2)cc1.c1ccc(-c2cc(-c3ccccc3)nc(-c3cccc4c3sc3c4ccc4c3c3ccccc3n4-c3ccccc3)c2)cc1.c1ccc(-c2cc(-c3ccccc3)nc(-c3cccc4c3sc3c4ccc4c3c3ccccc3n4-c3ccccc3)n2)cc1. The molecular formula is C122H77N7S3. The molecule has 9 aromatic heterocycles. The number of para-hydroxylation sites is 6. The molecule has 0 amide bonds. The summed E-state index contributed by atoms with van der Waals surface area (Å²) >= 11 is 5.64. The highest BCUT2D eigenvalue weighted by atomic mass is 32.1. The van der Waals surface area contributed by atoms with E-state index in [4.69, 9.17) is 19.9 Å². The van der Waals surface area contributed by atoms with Crippen LogP contribution in [0.3, 0.4) is 0 Å². The number of rotatable bonds is 12. The maximum atomic E-state index is 5.28. The number of pyridine rings is 2. The third-order valence-electron chi connectivity index (χ3n) is 25.6. The fourth-order valence-electron chi connectivity index (χ4n) is 19.6. The topological polar surface area (TPSA) is 66.3 Å². The van der Waals surface area contributed by atoms with Crippen LogP contribution in [-0.4, -0.2) is 33.6 Å². The Morgan fingerprint density at radius 2 is 0.409 bits per heavy atom. The van der Waals surface area contributed by atoms with E-state index in [1.54, 1.807) is 0 Å². The molecule has 0 saturated carbocycles. The van der Waals surface area contributed by atoms with E-state index < -0.39 is 0 Å². The van der Waals surface area contributed by atoms with Crippen molar-refractivity contribution in [2.75, 3.05) is 0 Å². The van der Waals surface area contributed by atoms with Crippen molar-refractivity contribution < 1.29 is 0 Å². The van der Waals surface area contributed by atoms with Gasteiger partial charge in [-0.1, -0.05) is 358 Å². The number of thiophene rings is 3. The van der Waals surface area contributed by atoms with E-state index in [0.29, 0.717) is 0 Å². The average Bonchev–Trinajstić information content (AvgIpc) is 1.57. The molecule has 0 saturated heterocycles. The van der Waals surface area contributed by atoms with E-state index >= 15 is 0 Å². The minimum absolute atomic E-state index is 0.741. The summed E-state index contributed by atoms with van der Waals surface area (Å²) in [6.07, 6.45) is 0. The first-order valence-corrected chi connectivity index (χ1v) is 47.0. The Labute approximate surface area is 772 Å². The molecule has 10 heteroatoms. The minimum Gasteiger partial charge on any atom is -0.309 e. The van der Waals surface area contributed by atoms with Crippen molar-refractivity contribution in [2.45, 2.75) is 0 Å². The van der Waals surface area contributed by atoms with Crippen molar-refractivity contribution in [3.05, 3.63) is 467 Å². The second-order valence-corrected chi connectivity index (χ2v) is 36.4. The van der Waals surface area contributed by atoms with Crippen LogP contribution in [0, 0.1) is 0 Å². The Morgan fingerprint density at radius 3 is 0.773 bits per heavy atom. The quantitative estimate of drug-likeness (QED) is 0.122. The molecule has 0 bridgehead atoms. The predicted molar refractivity (Wildman–Crippen MR) is 561 cm³/mol. The molecule has 132 heavy (non-hydrogen) atoms. The summed E-state index contributed by atoms with van der Waals surface area (Å²) in [6, 6.07) is 166. The Hall–Kier alpha value is -16.6. The third-order valence-corrected chi connectivity index (χ3v) is 29.4. The van der Waals surface area contributed by atoms with Gasteiger partial charge < -0.3 is 13.7 Å². The van der Waals surface area contributed by atoms with Gasteiger partial charge in [-0.3, -0.25) is 0 Å². The van der Waals surface area contributed by atoms with Crippen LogP contribution in [0.1, 0.15) is 0 Å². The van der Waals surface area contributed by atoms with E-state index in [0.717, 1.165) is 73.4 Å².